The number of nitrogens with zero attached hydrogens (tertiary/aromatic N) is 3. The van der Waals surface area contributed by atoms with E-state index in [4.69, 9.17) is 9.72 Å². The average Bonchev–Trinajstić information content (AvgIpc) is 3.57. The highest BCUT2D eigenvalue weighted by Gasteiger charge is 2.36. The van der Waals surface area contributed by atoms with Crippen molar-refractivity contribution in [2.24, 2.45) is 17.8 Å². The second-order valence-electron chi connectivity index (χ2n) is 14.5. The predicted molar refractivity (Wildman–Crippen MR) is 196 cm³/mol. The molecule has 0 bridgehead atoms. The van der Waals surface area contributed by atoms with E-state index in [2.05, 4.69) is 27.7 Å². The fourth-order valence-electron chi connectivity index (χ4n) is 6.77. The van der Waals surface area contributed by atoms with Gasteiger partial charge in [-0.25, -0.2) is 4.98 Å². The minimum absolute atomic E-state index is 0.00442. The lowest BCUT2D eigenvalue weighted by molar-refractivity contribution is -0.147. The smallest absolute Gasteiger partial charge is 0.308 e. The normalized spacial score (nSPS) is 19.1. The second kappa shape index (κ2) is 19.5. The first-order valence-corrected chi connectivity index (χ1v) is 19.0. The Morgan fingerprint density at radius 2 is 1.76 bits per heavy atom. The van der Waals surface area contributed by atoms with Gasteiger partial charge in [0.15, 0.2) is 0 Å². The van der Waals surface area contributed by atoms with Crippen LogP contribution in [0.2, 0.25) is 0 Å². The summed E-state index contributed by atoms with van der Waals surface area (Å²) >= 11 is 1.41. The standard InChI is InChI=1S/C38H61N5O5S/c1-10-48-38(47)26(6)20-29(21-28-16-12-11-13-17-28)39-27(7)30-23-49-36(40-30)33(44)22-32(24(2)3)43(9)37(46)34(25(4)5)41-35(45)31-18-14-15-19-42(31)8/h11-13,16-17,23-27,29,31-34,39,44H,10,14-15,18-22H2,1-9H3,(H,41,45)/t26?,27?,29-,31-,32-,33-,34+/m1/s1. The molecule has 1 fully saturated rings. The molecule has 10 nitrogen and oxygen atoms in total. The van der Waals surface area contributed by atoms with Crippen LogP contribution in [0.5, 0.6) is 0 Å². The summed E-state index contributed by atoms with van der Waals surface area (Å²) in [4.78, 5) is 48.2. The van der Waals surface area contributed by atoms with E-state index in [-0.39, 0.29) is 59.7 Å². The van der Waals surface area contributed by atoms with E-state index in [1.807, 2.05) is 79.1 Å². The molecule has 0 aliphatic carbocycles. The number of hydrogen-bond donors (Lipinski definition) is 3. The molecule has 49 heavy (non-hydrogen) atoms. The molecule has 3 rings (SSSR count). The maximum Gasteiger partial charge on any atom is 0.308 e. The quantitative estimate of drug-likeness (QED) is 0.174. The van der Waals surface area contributed by atoms with E-state index in [0.717, 1.165) is 37.9 Å². The third-order valence-electron chi connectivity index (χ3n) is 9.79. The van der Waals surface area contributed by atoms with Gasteiger partial charge in [-0.1, -0.05) is 71.4 Å². The summed E-state index contributed by atoms with van der Waals surface area (Å²) in [7, 11) is 3.74. The summed E-state index contributed by atoms with van der Waals surface area (Å²) in [5, 5.41) is 20.8. The molecule has 0 radical (unpaired) electrons. The molecule has 1 aliphatic rings. The summed E-state index contributed by atoms with van der Waals surface area (Å²) in [6, 6.07) is 8.95. The van der Waals surface area contributed by atoms with Crippen molar-refractivity contribution >= 4 is 29.1 Å². The predicted octanol–water partition coefficient (Wildman–Crippen LogP) is 5.53. The number of carbonyl (C=O) groups is 3. The lowest BCUT2D eigenvalue weighted by Crippen LogP contribution is -2.57. The van der Waals surface area contributed by atoms with Crippen molar-refractivity contribution in [3.8, 4) is 0 Å². The van der Waals surface area contributed by atoms with Gasteiger partial charge in [-0.15, -0.1) is 11.3 Å². The Hall–Kier alpha value is -2.86. The van der Waals surface area contributed by atoms with Gasteiger partial charge in [0, 0.05) is 37.0 Å². The number of aromatic nitrogens is 1. The second-order valence-corrected chi connectivity index (χ2v) is 15.4. The van der Waals surface area contributed by atoms with E-state index >= 15 is 0 Å². The zero-order valence-corrected chi connectivity index (χ0v) is 32.0. The van der Waals surface area contributed by atoms with Crippen LogP contribution in [0.25, 0.3) is 0 Å². The molecule has 1 aromatic heterocycles. The Morgan fingerprint density at radius 1 is 1.06 bits per heavy atom. The third kappa shape index (κ3) is 11.9. The number of ether oxygens (including phenoxy) is 1. The van der Waals surface area contributed by atoms with Crippen LogP contribution in [-0.2, 0) is 25.5 Å². The molecule has 2 heterocycles. The van der Waals surface area contributed by atoms with Crippen molar-refractivity contribution in [1.82, 2.24) is 25.4 Å². The number of aliphatic hydroxyl groups excluding tert-OH is 1. The van der Waals surface area contributed by atoms with E-state index < -0.39 is 12.1 Å². The minimum Gasteiger partial charge on any atom is -0.466 e. The lowest BCUT2D eigenvalue weighted by atomic mass is 9.94. The van der Waals surface area contributed by atoms with Gasteiger partial charge in [0.2, 0.25) is 11.8 Å². The van der Waals surface area contributed by atoms with E-state index in [9.17, 15) is 19.5 Å². The first kappa shape index (κ1) is 40.6. The number of thiazole rings is 1. The molecule has 2 aromatic rings. The number of carbonyl (C=O) groups excluding carboxylic acids is 3. The van der Waals surface area contributed by atoms with Crippen molar-refractivity contribution in [3.05, 3.63) is 52.0 Å². The molecule has 1 saturated heterocycles. The van der Waals surface area contributed by atoms with Crippen LogP contribution in [0.3, 0.4) is 0 Å². The van der Waals surface area contributed by atoms with Crippen LogP contribution in [0.1, 0.15) is 109 Å². The number of nitrogens with one attached hydrogen (secondary N) is 2. The van der Waals surface area contributed by atoms with Crippen LogP contribution >= 0.6 is 11.3 Å². The van der Waals surface area contributed by atoms with Crippen molar-refractivity contribution in [2.75, 3.05) is 27.2 Å². The first-order valence-electron chi connectivity index (χ1n) is 18.1. The third-order valence-corrected chi connectivity index (χ3v) is 10.8. The van der Waals surface area contributed by atoms with E-state index in [0.29, 0.717) is 24.5 Å². The largest absolute Gasteiger partial charge is 0.466 e. The Labute approximate surface area is 298 Å². The molecular formula is C38H61N5O5S. The SMILES string of the molecule is CCOC(=O)C(C)C[C@H](Cc1ccccc1)NC(C)c1csc([C@H](O)C[C@H](C(C)C)N(C)C(=O)[C@@H](NC(=O)[C@H]2CCCCN2C)C(C)C)n1. The van der Waals surface area contributed by atoms with E-state index in [1.165, 1.54) is 16.9 Å². The summed E-state index contributed by atoms with van der Waals surface area (Å²) in [5.41, 5.74) is 2.00. The van der Waals surface area contributed by atoms with Crippen LogP contribution < -0.4 is 10.6 Å². The summed E-state index contributed by atoms with van der Waals surface area (Å²) in [6.07, 6.45) is 3.71. The Kier molecular flexibility index (Phi) is 16.2. The van der Waals surface area contributed by atoms with Gasteiger partial charge in [-0.3, -0.25) is 19.3 Å². The highest BCUT2D eigenvalue weighted by molar-refractivity contribution is 7.09. The van der Waals surface area contributed by atoms with Crippen molar-refractivity contribution in [3.63, 3.8) is 0 Å². The van der Waals surface area contributed by atoms with Gasteiger partial charge in [0.25, 0.3) is 0 Å². The van der Waals surface area contributed by atoms with Crippen LogP contribution in [-0.4, -0.2) is 89.1 Å². The Balaban J connectivity index is 1.69. The van der Waals surface area contributed by atoms with Crippen molar-refractivity contribution < 1.29 is 24.2 Å². The van der Waals surface area contributed by atoms with Crippen LogP contribution in [0, 0.1) is 17.8 Å². The molecule has 3 N–H and O–H groups in total. The number of piperidine rings is 1. The molecule has 1 aromatic carbocycles. The lowest BCUT2D eigenvalue weighted by Gasteiger charge is -2.37. The van der Waals surface area contributed by atoms with E-state index in [1.54, 1.807) is 11.9 Å². The van der Waals surface area contributed by atoms with Gasteiger partial charge in [0.05, 0.1) is 24.3 Å². The number of amides is 2. The maximum absolute atomic E-state index is 13.9. The Bertz CT molecular complexity index is 1320. The number of hydrogen-bond acceptors (Lipinski definition) is 9. The number of likely N-dealkylation sites (tertiary alicyclic amines) is 1. The molecule has 2 unspecified atom stereocenters. The molecule has 0 saturated carbocycles. The van der Waals surface area contributed by atoms with Gasteiger partial charge in [-0.05, 0) is 70.5 Å². The fraction of sp³-hybridized carbons (Fsp3) is 0.684. The van der Waals surface area contributed by atoms with Gasteiger partial charge < -0.3 is 25.4 Å². The van der Waals surface area contributed by atoms with Gasteiger partial charge in [-0.2, -0.15) is 0 Å². The number of aliphatic hydroxyl groups is 1. The fourth-order valence-corrected chi connectivity index (χ4v) is 7.68. The van der Waals surface area contributed by atoms with Gasteiger partial charge in [0.1, 0.15) is 17.2 Å². The molecule has 11 heteroatoms. The number of benzene rings is 1. The summed E-state index contributed by atoms with van der Waals surface area (Å²) in [5.74, 6) is -0.721. The zero-order valence-electron chi connectivity index (χ0n) is 31.1. The average molecular weight is 700 g/mol. The molecule has 7 atom stereocenters. The molecule has 2 amide bonds. The molecular weight excluding hydrogens is 639 g/mol. The first-order chi connectivity index (χ1) is 23.2. The van der Waals surface area contributed by atoms with Crippen LogP contribution in [0.15, 0.2) is 35.7 Å². The minimum atomic E-state index is -0.861. The molecule has 274 valence electrons. The number of likely N-dealkylation sites (N-methyl/N-ethyl adjacent to an activating group) is 2. The van der Waals surface area contributed by atoms with Crippen LogP contribution in [0.4, 0.5) is 0 Å². The Morgan fingerprint density at radius 3 is 2.37 bits per heavy atom. The van der Waals surface area contributed by atoms with Gasteiger partial charge >= 0.3 is 5.97 Å². The maximum atomic E-state index is 13.9. The topological polar surface area (TPSA) is 124 Å². The summed E-state index contributed by atoms with van der Waals surface area (Å²) < 4.78 is 5.27. The number of rotatable bonds is 18. The highest BCUT2D eigenvalue weighted by Crippen LogP contribution is 2.29. The van der Waals surface area contributed by atoms with Crippen molar-refractivity contribution in [2.45, 2.75) is 123 Å². The van der Waals surface area contributed by atoms with Crippen molar-refractivity contribution in [1.29, 1.82) is 0 Å². The summed E-state index contributed by atoms with van der Waals surface area (Å²) in [6.45, 7) is 15.0. The zero-order chi connectivity index (χ0) is 36.2. The number of esters is 1. The molecule has 1 aliphatic heterocycles. The molecule has 0 spiro atoms. The monoisotopic (exact) mass is 699 g/mol. The highest BCUT2D eigenvalue weighted by atomic mass is 32.1.